The molecule has 2 heterocycles. The third kappa shape index (κ3) is 3.85. The standard InChI is InChI=1S/C18H13Cl2N5OS/c1-11-21-22-16(26-11)10-27-18-24-23-17(14-8-7-12(19)9-15(14)20)25(18)13-5-3-2-4-6-13/h2-9H,10H2,1H3. The van der Waals surface area contributed by atoms with E-state index in [2.05, 4.69) is 20.4 Å². The van der Waals surface area contributed by atoms with Crippen LogP contribution in [0.25, 0.3) is 17.1 Å². The second kappa shape index (κ2) is 7.72. The lowest BCUT2D eigenvalue weighted by atomic mass is 10.2. The molecule has 136 valence electrons. The number of aryl methyl sites for hydroxylation is 1. The minimum atomic E-state index is 0.486. The zero-order valence-electron chi connectivity index (χ0n) is 14.1. The fourth-order valence-electron chi connectivity index (χ4n) is 2.54. The van der Waals surface area contributed by atoms with Crippen LogP contribution in [0.15, 0.2) is 58.1 Å². The Morgan fingerprint density at radius 3 is 2.52 bits per heavy atom. The molecule has 0 aliphatic carbocycles. The van der Waals surface area contributed by atoms with E-state index < -0.39 is 0 Å². The van der Waals surface area contributed by atoms with Gasteiger partial charge in [0.05, 0.1) is 10.8 Å². The number of nitrogens with zero attached hydrogens (tertiary/aromatic N) is 5. The second-order valence-corrected chi connectivity index (χ2v) is 7.39. The third-order valence-electron chi connectivity index (χ3n) is 3.71. The van der Waals surface area contributed by atoms with Crippen molar-refractivity contribution in [1.82, 2.24) is 25.0 Å². The molecule has 0 N–H and O–H groups in total. The Balaban J connectivity index is 1.76. The smallest absolute Gasteiger partial charge is 0.226 e. The zero-order chi connectivity index (χ0) is 18.8. The normalized spacial score (nSPS) is 11.1. The van der Waals surface area contributed by atoms with Gasteiger partial charge in [-0.3, -0.25) is 4.57 Å². The Bertz CT molecular complexity index is 1080. The first-order valence-corrected chi connectivity index (χ1v) is 9.74. The fraction of sp³-hybridized carbons (Fsp3) is 0.111. The van der Waals surface area contributed by atoms with Crippen LogP contribution in [-0.4, -0.2) is 25.0 Å². The lowest BCUT2D eigenvalue weighted by Gasteiger charge is -2.11. The van der Waals surface area contributed by atoms with Crippen LogP contribution in [0.2, 0.25) is 10.0 Å². The van der Waals surface area contributed by atoms with Crippen molar-refractivity contribution >= 4 is 35.0 Å². The van der Waals surface area contributed by atoms with Gasteiger partial charge in [0.1, 0.15) is 0 Å². The van der Waals surface area contributed by atoms with E-state index in [-0.39, 0.29) is 0 Å². The van der Waals surface area contributed by atoms with E-state index in [9.17, 15) is 0 Å². The predicted octanol–water partition coefficient (Wildman–Crippen LogP) is 5.22. The Kier molecular flexibility index (Phi) is 5.15. The maximum Gasteiger partial charge on any atom is 0.226 e. The van der Waals surface area contributed by atoms with Gasteiger partial charge >= 0.3 is 0 Å². The summed E-state index contributed by atoms with van der Waals surface area (Å²) in [6.07, 6.45) is 0. The molecule has 2 aromatic heterocycles. The molecule has 0 amide bonds. The summed E-state index contributed by atoms with van der Waals surface area (Å²) in [5.41, 5.74) is 1.67. The molecule has 0 atom stereocenters. The van der Waals surface area contributed by atoms with E-state index >= 15 is 0 Å². The quantitative estimate of drug-likeness (QED) is 0.414. The van der Waals surface area contributed by atoms with E-state index in [4.69, 9.17) is 27.6 Å². The Morgan fingerprint density at radius 1 is 1.00 bits per heavy atom. The largest absolute Gasteiger partial charge is 0.425 e. The van der Waals surface area contributed by atoms with Gasteiger partial charge in [-0.25, -0.2) is 0 Å². The molecule has 0 unspecified atom stereocenters. The highest BCUT2D eigenvalue weighted by Gasteiger charge is 2.19. The Hall–Kier alpha value is -2.35. The molecule has 9 heteroatoms. The number of aromatic nitrogens is 5. The molecular weight excluding hydrogens is 405 g/mol. The van der Waals surface area contributed by atoms with Crippen molar-refractivity contribution < 1.29 is 4.42 Å². The molecule has 27 heavy (non-hydrogen) atoms. The molecule has 0 bridgehead atoms. The van der Waals surface area contributed by atoms with Crippen molar-refractivity contribution in [1.29, 1.82) is 0 Å². The second-order valence-electron chi connectivity index (χ2n) is 5.60. The number of hydrogen-bond acceptors (Lipinski definition) is 6. The van der Waals surface area contributed by atoms with Gasteiger partial charge < -0.3 is 4.42 Å². The van der Waals surface area contributed by atoms with Crippen LogP contribution in [-0.2, 0) is 5.75 Å². The highest BCUT2D eigenvalue weighted by Crippen LogP contribution is 2.34. The molecule has 4 aromatic rings. The van der Waals surface area contributed by atoms with Crippen LogP contribution in [0.1, 0.15) is 11.8 Å². The van der Waals surface area contributed by atoms with Crippen molar-refractivity contribution in [2.24, 2.45) is 0 Å². The number of para-hydroxylation sites is 1. The molecule has 0 saturated carbocycles. The van der Waals surface area contributed by atoms with E-state index in [1.54, 1.807) is 19.1 Å². The maximum absolute atomic E-state index is 6.40. The van der Waals surface area contributed by atoms with Gasteiger partial charge in [0.2, 0.25) is 11.8 Å². The summed E-state index contributed by atoms with van der Waals surface area (Å²) >= 11 is 13.9. The van der Waals surface area contributed by atoms with Crippen LogP contribution in [0.4, 0.5) is 0 Å². The van der Waals surface area contributed by atoms with Crippen molar-refractivity contribution in [2.45, 2.75) is 17.8 Å². The summed E-state index contributed by atoms with van der Waals surface area (Å²) in [7, 11) is 0. The molecule has 4 rings (SSSR count). The number of thioether (sulfide) groups is 1. The van der Waals surface area contributed by atoms with Crippen LogP contribution < -0.4 is 0 Å². The van der Waals surface area contributed by atoms with E-state index in [0.717, 1.165) is 11.3 Å². The molecule has 0 radical (unpaired) electrons. The monoisotopic (exact) mass is 417 g/mol. The molecule has 0 aliphatic heterocycles. The molecule has 2 aromatic carbocycles. The first kappa shape index (κ1) is 18.0. The topological polar surface area (TPSA) is 69.6 Å². The highest BCUT2D eigenvalue weighted by atomic mass is 35.5. The van der Waals surface area contributed by atoms with Crippen LogP contribution in [0.5, 0.6) is 0 Å². The molecule has 6 nitrogen and oxygen atoms in total. The average Bonchev–Trinajstić information content (AvgIpc) is 3.27. The van der Waals surface area contributed by atoms with Crippen molar-refractivity contribution in [3.63, 3.8) is 0 Å². The Morgan fingerprint density at radius 2 is 1.81 bits per heavy atom. The predicted molar refractivity (Wildman–Crippen MR) is 105 cm³/mol. The van der Waals surface area contributed by atoms with Gasteiger partial charge in [0.15, 0.2) is 11.0 Å². The fourth-order valence-corrected chi connectivity index (χ4v) is 3.82. The summed E-state index contributed by atoms with van der Waals surface area (Å²) in [4.78, 5) is 0. The highest BCUT2D eigenvalue weighted by molar-refractivity contribution is 7.98. The minimum Gasteiger partial charge on any atom is -0.425 e. The molecule has 0 saturated heterocycles. The first-order chi connectivity index (χ1) is 13.1. The SMILES string of the molecule is Cc1nnc(CSc2nnc(-c3ccc(Cl)cc3Cl)n2-c2ccccc2)o1. The van der Waals surface area contributed by atoms with Crippen molar-refractivity contribution in [2.75, 3.05) is 0 Å². The minimum absolute atomic E-state index is 0.486. The van der Waals surface area contributed by atoms with Gasteiger partial charge in [-0.1, -0.05) is 53.2 Å². The van der Waals surface area contributed by atoms with E-state index in [1.807, 2.05) is 41.0 Å². The Labute approximate surface area is 169 Å². The summed E-state index contributed by atoms with van der Waals surface area (Å²) < 4.78 is 7.39. The zero-order valence-corrected chi connectivity index (χ0v) is 16.5. The average molecular weight is 418 g/mol. The van der Waals surface area contributed by atoms with E-state index in [1.165, 1.54) is 11.8 Å². The molecule has 0 spiro atoms. The first-order valence-electron chi connectivity index (χ1n) is 8.00. The molecular formula is C18H13Cl2N5OS. The van der Waals surface area contributed by atoms with E-state index in [0.29, 0.717) is 38.6 Å². The number of hydrogen-bond donors (Lipinski definition) is 0. The van der Waals surface area contributed by atoms with Gasteiger partial charge in [-0.2, -0.15) is 0 Å². The van der Waals surface area contributed by atoms with Gasteiger partial charge in [0, 0.05) is 23.2 Å². The van der Waals surface area contributed by atoms with Crippen LogP contribution in [0, 0.1) is 6.92 Å². The number of rotatable bonds is 5. The van der Waals surface area contributed by atoms with Crippen molar-refractivity contribution in [3.05, 3.63) is 70.4 Å². The molecule has 0 aliphatic rings. The summed E-state index contributed by atoms with van der Waals surface area (Å²) in [5.74, 6) is 2.18. The lowest BCUT2D eigenvalue weighted by molar-refractivity contribution is 0.485. The van der Waals surface area contributed by atoms with Crippen molar-refractivity contribution in [3.8, 4) is 17.1 Å². The maximum atomic E-state index is 6.40. The van der Waals surface area contributed by atoms with Crippen LogP contribution in [0.3, 0.4) is 0 Å². The van der Waals surface area contributed by atoms with Gasteiger partial charge in [0.25, 0.3) is 0 Å². The number of benzene rings is 2. The number of halogens is 2. The van der Waals surface area contributed by atoms with Gasteiger partial charge in [-0.15, -0.1) is 20.4 Å². The molecule has 0 fully saturated rings. The van der Waals surface area contributed by atoms with Crippen LogP contribution >= 0.6 is 35.0 Å². The lowest BCUT2D eigenvalue weighted by Crippen LogP contribution is -2.00. The van der Waals surface area contributed by atoms with Gasteiger partial charge in [-0.05, 0) is 30.3 Å². The summed E-state index contributed by atoms with van der Waals surface area (Å²) in [6.45, 7) is 1.76. The third-order valence-corrected chi connectivity index (χ3v) is 5.17. The summed E-state index contributed by atoms with van der Waals surface area (Å²) in [5, 5.41) is 18.4. The summed E-state index contributed by atoms with van der Waals surface area (Å²) in [6, 6.07) is 15.1.